The van der Waals surface area contributed by atoms with Crippen molar-refractivity contribution in [1.29, 1.82) is 0 Å². The predicted octanol–water partition coefficient (Wildman–Crippen LogP) is 3.28. The molecule has 182 valence electrons. The summed E-state index contributed by atoms with van der Waals surface area (Å²) in [5, 5.41) is 24.1. The van der Waals surface area contributed by atoms with Gasteiger partial charge in [-0.25, -0.2) is 4.79 Å². The highest BCUT2D eigenvalue weighted by molar-refractivity contribution is 5.79. The van der Waals surface area contributed by atoms with Crippen LogP contribution in [-0.4, -0.2) is 53.5 Å². The fraction of sp³-hybridized carbons (Fsp3) is 0.423. The topological polar surface area (TPSA) is 125 Å². The second-order valence-electron chi connectivity index (χ2n) is 9.03. The molecule has 0 saturated heterocycles. The third-order valence-corrected chi connectivity index (χ3v) is 6.13. The first kappa shape index (κ1) is 25.2. The van der Waals surface area contributed by atoms with E-state index >= 15 is 0 Å². The Labute approximate surface area is 199 Å². The van der Waals surface area contributed by atoms with Crippen LogP contribution in [0.15, 0.2) is 48.5 Å². The largest absolute Gasteiger partial charge is 0.481 e. The van der Waals surface area contributed by atoms with E-state index in [1.54, 1.807) is 0 Å². The quantitative estimate of drug-likeness (QED) is 0.401. The first-order valence-electron chi connectivity index (χ1n) is 11.5. The highest BCUT2D eigenvalue weighted by Crippen LogP contribution is 2.44. The molecule has 34 heavy (non-hydrogen) atoms. The maximum atomic E-state index is 12.4. The van der Waals surface area contributed by atoms with Gasteiger partial charge in [0.25, 0.3) is 0 Å². The van der Waals surface area contributed by atoms with E-state index in [1.165, 1.54) is 6.92 Å². The Morgan fingerprint density at radius 2 is 1.62 bits per heavy atom. The summed E-state index contributed by atoms with van der Waals surface area (Å²) in [6.45, 7) is 3.60. The molecule has 0 saturated carbocycles. The second kappa shape index (κ2) is 11.2. The van der Waals surface area contributed by atoms with Gasteiger partial charge >= 0.3 is 12.1 Å². The molecule has 0 bridgehead atoms. The lowest BCUT2D eigenvalue weighted by Gasteiger charge is -2.22. The first-order chi connectivity index (χ1) is 16.2. The average Bonchev–Trinajstić information content (AvgIpc) is 3.12. The van der Waals surface area contributed by atoms with E-state index in [1.807, 2.05) is 31.2 Å². The molecule has 8 heteroatoms. The minimum absolute atomic E-state index is 0.0236. The summed E-state index contributed by atoms with van der Waals surface area (Å²) < 4.78 is 5.53. The molecule has 2 unspecified atom stereocenters. The zero-order chi connectivity index (χ0) is 24.7. The van der Waals surface area contributed by atoms with Crippen molar-refractivity contribution >= 4 is 18.0 Å². The summed E-state index contributed by atoms with van der Waals surface area (Å²) in [5.41, 5.74) is 3.07. The van der Waals surface area contributed by atoms with E-state index in [9.17, 15) is 19.5 Å². The maximum absolute atomic E-state index is 12.4. The van der Waals surface area contributed by atoms with Crippen molar-refractivity contribution in [2.24, 2.45) is 5.92 Å². The molecule has 2 amide bonds. The van der Waals surface area contributed by atoms with E-state index in [2.05, 4.69) is 34.9 Å². The van der Waals surface area contributed by atoms with Crippen molar-refractivity contribution in [2.75, 3.05) is 19.7 Å². The van der Waals surface area contributed by atoms with Crippen LogP contribution in [0, 0.1) is 5.92 Å². The van der Waals surface area contributed by atoms with Crippen LogP contribution in [-0.2, 0) is 14.3 Å². The Hall–Kier alpha value is -3.39. The Morgan fingerprint density at radius 3 is 2.18 bits per heavy atom. The van der Waals surface area contributed by atoms with Crippen molar-refractivity contribution in [2.45, 2.75) is 44.6 Å². The van der Waals surface area contributed by atoms with Crippen LogP contribution in [0.2, 0.25) is 0 Å². The number of benzene rings is 2. The molecular weight excluding hydrogens is 436 g/mol. The Balaban J connectivity index is 1.46. The van der Waals surface area contributed by atoms with Gasteiger partial charge in [0.15, 0.2) is 0 Å². The number of carboxylic acid groups (broad SMARTS) is 1. The molecule has 3 rings (SSSR count). The van der Waals surface area contributed by atoms with E-state index in [0.717, 1.165) is 22.3 Å². The number of hydrogen-bond acceptors (Lipinski definition) is 5. The molecule has 0 fully saturated rings. The number of hydrogen-bond donors (Lipinski definition) is 4. The number of carboxylic acids is 1. The Kier molecular flexibility index (Phi) is 8.28. The van der Waals surface area contributed by atoms with Gasteiger partial charge in [-0.2, -0.15) is 0 Å². The number of alkyl carbamates (subject to hydrolysis) is 1. The molecule has 2 aromatic rings. The highest BCUT2D eigenvalue weighted by atomic mass is 16.5. The molecule has 0 spiro atoms. The minimum Gasteiger partial charge on any atom is -0.481 e. The molecule has 0 heterocycles. The fourth-order valence-electron chi connectivity index (χ4n) is 4.25. The third-order valence-electron chi connectivity index (χ3n) is 6.13. The van der Waals surface area contributed by atoms with E-state index in [-0.39, 0.29) is 43.9 Å². The van der Waals surface area contributed by atoms with Crippen LogP contribution in [0.3, 0.4) is 0 Å². The average molecular weight is 469 g/mol. The summed E-state index contributed by atoms with van der Waals surface area (Å²) in [4.78, 5) is 35.3. The van der Waals surface area contributed by atoms with Crippen LogP contribution in [0.1, 0.15) is 50.2 Å². The number of ether oxygens (including phenoxy) is 1. The van der Waals surface area contributed by atoms with Crippen molar-refractivity contribution in [3.05, 3.63) is 59.7 Å². The zero-order valence-electron chi connectivity index (χ0n) is 19.5. The van der Waals surface area contributed by atoms with Crippen molar-refractivity contribution < 1.29 is 29.3 Å². The Bertz CT molecular complexity index is 990. The number of aliphatic carboxylic acids is 1. The SMILES string of the molecule is CCC(CNC(=O)OCC1c2ccccc2-c2ccccc21)CC(=O)NCC(C)(O)CC(=O)O. The minimum atomic E-state index is -1.53. The van der Waals surface area contributed by atoms with Crippen LogP contribution >= 0.6 is 0 Å². The maximum Gasteiger partial charge on any atom is 0.407 e. The smallest absolute Gasteiger partial charge is 0.407 e. The van der Waals surface area contributed by atoms with Crippen LogP contribution in [0.4, 0.5) is 4.79 Å². The molecule has 4 N–H and O–H groups in total. The third kappa shape index (κ3) is 6.57. The molecular formula is C26H32N2O6. The molecule has 1 aliphatic carbocycles. The van der Waals surface area contributed by atoms with Crippen LogP contribution in [0.25, 0.3) is 11.1 Å². The molecule has 0 radical (unpaired) electrons. The molecule has 0 aliphatic heterocycles. The lowest BCUT2D eigenvalue weighted by atomic mass is 9.98. The fourth-order valence-corrected chi connectivity index (χ4v) is 4.25. The van der Waals surface area contributed by atoms with Gasteiger partial charge in [-0.15, -0.1) is 0 Å². The van der Waals surface area contributed by atoms with Gasteiger partial charge < -0.3 is 25.6 Å². The molecule has 1 aliphatic rings. The van der Waals surface area contributed by atoms with Gasteiger partial charge in [0, 0.05) is 25.4 Å². The lowest BCUT2D eigenvalue weighted by Crippen LogP contribution is -2.43. The van der Waals surface area contributed by atoms with Crippen molar-refractivity contribution in [3.63, 3.8) is 0 Å². The number of carbonyl (C=O) groups is 3. The lowest BCUT2D eigenvalue weighted by molar-refractivity contribution is -0.142. The normalized spacial score (nSPS) is 14.9. The zero-order valence-corrected chi connectivity index (χ0v) is 19.5. The summed E-state index contributed by atoms with van der Waals surface area (Å²) in [6.07, 6.45) is -0.204. The number of rotatable bonds is 11. The van der Waals surface area contributed by atoms with Crippen LogP contribution < -0.4 is 10.6 Å². The molecule has 8 nitrogen and oxygen atoms in total. The number of amides is 2. The molecule has 2 aromatic carbocycles. The van der Waals surface area contributed by atoms with Crippen LogP contribution in [0.5, 0.6) is 0 Å². The summed E-state index contributed by atoms with van der Waals surface area (Å²) in [7, 11) is 0. The predicted molar refractivity (Wildman–Crippen MR) is 127 cm³/mol. The van der Waals surface area contributed by atoms with E-state index in [0.29, 0.717) is 6.42 Å². The van der Waals surface area contributed by atoms with Crippen molar-refractivity contribution in [1.82, 2.24) is 10.6 Å². The number of aliphatic hydroxyl groups is 1. The number of carbonyl (C=O) groups excluding carboxylic acids is 2. The second-order valence-corrected chi connectivity index (χ2v) is 9.03. The summed E-state index contributed by atoms with van der Waals surface area (Å²) in [6, 6.07) is 16.2. The van der Waals surface area contributed by atoms with Gasteiger partial charge in [0.05, 0.1) is 12.0 Å². The molecule has 0 aromatic heterocycles. The highest BCUT2D eigenvalue weighted by Gasteiger charge is 2.29. The summed E-state index contributed by atoms with van der Waals surface area (Å²) in [5.74, 6) is -1.60. The van der Waals surface area contributed by atoms with E-state index < -0.39 is 24.1 Å². The molecule has 2 atom stereocenters. The van der Waals surface area contributed by atoms with Gasteiger partial charge in [0.1, 0.15) is 6.61 Å². The monoisotopic (exact) mass is 468 g/mol. The summed E-state index contributed by atoms with van der Waals surface area (Å²) >= 11 is 0. The number of fused-ring (bicyclic) bond motifs is 3. The first-order valence-corrected chi connectivity index (χ1v) is 11.5. The van der Waals surface area contributed by atoms with Gasteiger partial charge in [-0.3, -0.25) is 9.59 Å². The van der Waals surface area contributed by atoms with Crippen molar-refractivity contribution in [3.8, 4) is 11.1 Å². The van der Waals surface area contributed by atoms with Gasteiger partial charge in [-0.05, 0) is 35.1 Å². The number of nitrogens with one attached hydrogen (secondary N) is 2. The Morgan fingerprint density at radius 1 is 1.03 bits per heavy atom. The van der Waals surface area contributed by atoms with Gasteiger partial charge in [0.2, 0.25) is 5.91 Å². The standard InChI is InChI=1S/C26H32N2O6/c1-3-17(12-23(29)28-16-26(2,33)13-24(30)31)14-27-25(32)34-15-22-20-10-6-4-8-18(20)19-9-5-7-11-21(19)22/h4-11,17,22,33H,3,12-16H2,1-2H3,(H,27,32)(H,28,29)(H,30,31). The van der Waals surface area contributed by atoms with E-state index in [4.69, 9.17) is 9.84 Å². The van der Waals surface area contributed by atoms with Gasteiger partial charge in [-0.1, -0.05) is 61.9 Å².